The van der Waals surface area contributed by atoms with Crippen molar-refractivity contribution in [1.29, 1.82) is 0 Å². The van der Waals surface area contributed by atoms with Crippen molar-refractivity contribution in [2.45, 2.75) is 17.5 Å². The molecular formula is C10H8F3NO3S. The van der Waals surface area contributed by atoms with Crippen molar-refractivity contribution in [2.75, 3.05) is 11.1 Å². The quantitative estimate of drug-likeness (QED) is 0.788. The Bertz CT molecular complexity index is 607. The van der Waals surface area contributed by atoms with E-state index in [1.165, 1.54) is 0 Å². The molecule has 2 rings (SSSR count). The number of fused-ring (bicyclic) bond motifs is 1. The van der Waals surface area contributed by atoms with Crippen molar-refractivity contribution in [3.05, 3.63) is 23.8 Å². The highest BCUT2D eigenvalue weighted by Gasteiger charge is 2.38. The molecule has 0 bridgehead atoms. The van der Waals surface area contributed by atoms with E-state index in [2.05, 4.69) is 0 Å². The first-order valence-electron chi connectivity index (χ1n) is 4.94. The second kappa shape index (κ2) is 3.98. The molecule has 98 valence electrons. The SMILES string of the molecule is O=C1CCS(=O)(=O)c2cccc(C(F)(F)F)c2N1. The van der Waals surface area contributed by atoms with Crippen LogP contribution in [0.3, 0.4) is 0 Å². The topological polar surface area (TPSA) is 63.2 Å². The van der Waals surface area contributed by atoms with Crippen LogP contribution in [0.1, 0.15) is 12.0 Å². The lowest BCUT2D eigenvalue weighted by Gasteiger charge is -2.14. The van der Waals surface area contributed by atoms with E-state index in [9.17, 15) is 26.4 Å². The van der Waals surface area contributed by atoms with Crippen molar-refractivity contribution >= 4 is 21.4 Å². The molecule has 4 nitrogen and oxygen atoms in total. The fourth-order valence-electron chi connectivity index (χ4n) is 1.69. The van der Waals surface area contributed by atoms with Gasteiger partial charge in [0.2, 0.25) is 5.91 Å². The number of carbonyl (C=O) groups excluding carboxylic acids is 1. The molecule has 0 spiro atoms. The zero-order valence-corrected chi connectivity index (χ0v) is 9.73. The van der Waals surface area contributed by atoms with Crippen LogP contribution in [-0.4, -0.2) is 20.1 Å². The monoisotopic (exact) mass is 279 g/mol. The summed E-state index contributed by atoms with van der Waals surface area (Å²) in [6, 6.07) is 2.81. The maximum absolute atomic E-state index is 12.7. The van der Waals surface area contributed by atoms with Gasteiger partial charge in [-0.25, -0.2) is 8.42 Å². The standard InChI is InChI=1S/C10H8F3NO3S/c11-10(12,13)6-2-1-3-7-9(6)14-8(15)4-5-18(7,16)17/h1-3H,4-5H2,(H,14,15). The van der Waals surface area contributed by atoms with Gasteiger partial charge in [0.25, 0.3) is 0 Å². The van der Waals surface area contributed by atoms with E-state index in [0.29, 0.717) is 0 Å². The summed E-state index contributed by atoms with van der Waals surface area (Å²) in [6.45, 7) is 0. The number of carbonyl (C=O) groups is 1. The molecule has 0 unspecified atom stereocenters. The highest BCUT2D eigenvalue weighted by atomic mass is 32.2. The van der Waals surface area contributed by atoms with Crippen LogP contribution in [0.15, 0.2) is 23.1 Å². The molecule has 0 aliphatic carbocycles. The summed E-state index contributed by atoms with van der Waals surface area (Å²) in [6.07, 6.45) is -5.08. The van der Waals surface area contributed by atoms with Gasteiger partial charge in [0.05, 0.1) is 21.9 Å². The van der Waals surface area contributed by atoms with Crippen molar-refractivity contribution in [3.8, 4) is 0 Å². The van der Waals surface area contributed by atoms with Crippen LogP contribution in [0, 0.1) is 0 Å². The molecule has 0 radical (unpaired) electrons. The number of alkyl halides is 3. The first kappa shape index (κ1) is 12.9. The molecule has 1 N–H and O–H groups in total. The average molecular weight is 279 g/mol. The molecule has 1 aliphatic rings. The minimum Gasteiger partial charge on any atom is -0.324 e. The summed E-state index contributed by atoms with van der Waals surface area (Å²) in [5.41, 5.74) is -1.83. The van der Waals surface area contributed by atoms with Crippen molar-refractivity contribution in [2.24, 2.45) is 0 Å². The Kier molecular flexibility index (Phi) is 2.84. The predicted octanol–water partition coefficient (Wildman–Crippen LogP) is 1.82. The van der Waals surface area contributed by atoms with Gasteiger partial charge in [0, 0.05) is 6.42 Å². The number of sulfone groups is 1. The normalized spacial score (nSPS) is 18.7. The van der Waals surface area contributed by atoms with Crippen LogP contribution in [0.2, 0.25) is 0 Å². The Morgan fingerprint density at radius 3 is 2.50 bits per heavy atom. The van der Waals surface area contributed by atoms with E-state index >= 15 is 0 Å². The first-order valence-corrected chi connectivity index (χ1v) is 6.60. The predicted molar refractivity (Wildman–Crippen MR) is 56.7 cm³/mol. The van der Waals surface area contributed by atoms with Gasteiger partial charge in [-0.3, -0.25) is 4.79 Å². The summed E-state index contributed by atoms with van der Waals surface area (Å²) < 4.78 is 61.7. The number of hydrogen-bond donors (Lipinski definition) is 1. The molecule has 0 saturated carbocycles. The smallest absolute Gasteiger partial charge is 0.324 e. The molecule has 8 heteroatoms. The van der Waals surface area contributed by atoms with E-state index < -0.39 is 43.8 Å². The molecule has 0 saturated heterocycles. The van der Waals surface area contributed by atoms with Crippen LogP contribution >= 0.6 is 0 Å². The van der Waals surface area contributed by atoms with Gasteiger partial charge in [-0.05, 0) is 12.1 Å². The van der Waals surface area contributed by atoms with E-state index in [-0.39, 0.29) is 6.42 Å². The maximum Gasteiger partial charge on any atom is 0.418 e. The van der Waals surface area contributed by atoms with E-state index in [1.807, 2.05) is 5.32 Å². The van der Waals surface area contributed by atoms with E-state index in [4.69, 9.17) is 0 Å². The second-order valence-corrected chi connectivity index (χ2v) is 5.87. The van der Waals surface area contributed by atoms with Gasteiger partial charge in [-0.1, -0.05) is 6.07 Å². The maximum atomic E-state index is 12.7. The molecule has 0 atom stereocenters. The molecule has 0 fully saturated rings. The van der Waals surface area contributed by atoms with Crippen molar-refractivity contribution in [3.63, 3.8) is 0 Å². The number of anilines is 1. The molecule has 1 amide bonds. The van der Waals surface area contributed by atoms with Gasteiger partial charge >= 0.3 is 6.18 Å². The zero-order valence-electron chi connectivity index (χ0n) is 8.91. The zero-order chi connectivity index (χ0) is 13.6. The lowest BCUT2D eigenvalue weighted by molar-refractivity contribution is -0.137. The fraction of sp³-hybridized carbons (Fsp3) is 0.300. The third kappa shape index (κ3) is 2.20. The largest absolute Gasteiger partial charge is 0.418 e. The highest BCUT2D eigenvalue weighted by molar-refractivity contribution is 7.91. The highest BCUT2D eigenvalue weighted by Crippen LogP contribution is 2.39. The van der Waals surface area contributed by atoms with Crippen LogP contribution < -0.4 is 5.32 Å². The summed E-state index contributed by atoms with van der Waals surface area (Å²) in [5.74, 6) is -1.23. The molecule has 1 aromatic carbocycles. The van der Waals surface area contributed by atoms with Gasteiger partial charge in [0.15, 0.2) is 9.84 Å². The summed E-state index contributed by atoms with van der Waals surface area (Å²) in [4.78, 5) is 10.8. The Morgan fingerprint density at radius 2 is 1.89 bits per heavy atom. The van der Waals surface area contributed by atoms with Crippen molar-refractivity contribution in [1.82, 2.24) is 0 Å². The minimum atomic E-state index is -4.72. The number of nitrogens with one attached hydrogen (secondary N) is 1. The third-order valence-electron chi connectivity index (χ3n) is 2.53. The summed E-state index contributed by atoms with van der Waals surface area (Å²) in [5, 5.41) is 2.02. The van der Waals surface area contributed by atoms with Gasteiger partial charge in [-0.15, -0.1) is 0 Å². The molecular weight excluding hydrogens is 271 g/mol. The number of benzene rings is 1. The number of para-hydroxylation sites is 1. The molecule has 1 heterocycles. The van der Waals surface area contributed by atoms with Crippen molar-refractivity contribution < 1.29 is 26.4 Å². The second-order valence-electron chi connectivity index (χ2n) is 3.79. The Morgan fingerprint density at radius 1 is 1.22 bits per heavy atom. The lowest BCUT2D eigenvalue weighted by atomic mass is 10.1. The number of hydrogen-bond acceptors (Lipinski definition) is 3. The average Bonchev–Trinajstić information content (AvgIpc) is 2.35. The van der Waals surface area contributed by atoms with Crippen LogP contribution in [0.25, 0.3) is 0 Å². The van der Waals surface area contributed by atoms with Gasteiger partial charge in [-0.2, -0.15) is 13.2 Å². The minimum absolute atomic E-state index is 0.353. The Hall–Kier alpha value is -1.57. The summed E-state index contributed by atoms with van der Waals surface area (Å²) in [7, 11) is -3.88. The van der Waals surface area contributed by atoms with Gasteiger partial charge in [0.1, 0.15) is 0 Å². The van der Waals surface area contributed by atoms with Crippen LogP contribution in [0.4, 0.5) is 18.9 Å². The number of amides is 1. The summed E-state index contributed by atoms with van der Waals surface area (Å²) >= 11 is 0. The molecule has 1 aromatic rings. The van der Waals surface area contributed by atoms with E-state index in [0.717, 1.165) is 18.2 Å². The Labute approximate surface area is 101 Å². The molecule has 0 aromatic heterocycles. The van der Waals surface area contributed by atoms with E-state index in [1.54, 1.807) is 0 Å². The first-order chi connectivity index (χ1) is 8.22. The van der Waals surface area contributed by atoms with Crippen LogP contribution in [-0.2, 0) is 20.8 Å². The lowest BCUT2D eigenvalue weighted by Crippen LogP contribution is -2.15. The van der Waals surface area contributed by atoms with Gasteiger partial charge < -0.3 is 5.32 Å². The number of halogens is 3. The Balaban J connectivity index is 2.75. The number of rotatable bonds is 0. The molecule has 1 aliphatic heterocycles. The molecule has 18 heavy (non-hydrogen) atoms. The fourth-order valence-corrected chi connectivity index (χ4v) is 3.13. The third-order valence-corrected chi connectivity index (χ3v) is 4.28. The van der Waals surface area contributed by atoms with Crippen LogP contribution in [0.5, 0.6) is 0 Å².